The number of alkyl halides is 3. The van der Waals surface area contributed by atoms with Gasteiger partial charge in [0.2, 0.25) is 5.91 Å². The summed E-state index contributed by atoms with van der Waals surface area (Å²) in [7, 11) is 1.62. The molecule has 0 unspecified atom stereocenters. The topological polar surface area (TPSA) is 45.7 Å². The van der Waals surface area contributed by atoms with E-state index in [9.17, 15) is 18.0 Å². The number of hydrogen-bond donors (Lipinski definition) is 0. The molecule has 0 atom stereocenters. The van der Waals surface area contributed by atoms with Crippen LogP contribution in [0.3, 0.4) is 0 Å². The van der Waals surface area contributed by atoms with Crippen LogP contribution in [0.5, 0.6) is 5.75 Å². The number of hydrogen-bond acceptors (Lipinski definition) is 6. The van der Waals surface area contributed by atoms with Gasteiger partial charge in [-0.1, -0.05) is 0 Å². The molecule has 0 N–H and O–H groups in total. The zero-order chi connectivity index (χ0) is 20.1. The van der Waals surface area contributed by atoms with Crippen molar-refractivity contribution >= 4 is 29.0 Å². The first-order chi connectivity index (χ1) is 13.3. The second kappa shape index (κ2) is 9.15. The average molecular weight is 432 g/mol. The maximum Gasteiger partial charge on any atom is 0.442 e. The van der Waals surface area contributed by atoms with Crippen LogP contribution in [0.2, 0.25) is 0 Å². The highest BCUT2D eigenvalue weighted by molar-refractivity contribution is 8.00. The van der Waals surface area contributed by atoms with Crippen molar-refractivity contribution in [3.05, 3.63) is 35.3 Å². The average Bonchev–Trinajstić information content (AvgIpc) is 3.14. The lowest BCUT2D eigenvalue weighted by Crippen LogP contribution is -2.49. The fourth-order valence-corrected chi connectivity index (χ4v) is 4.15. The van der Waals surface area contributed by atoms with Gasteiger partial charge in [0, 0.05) is 43.7 Å². The van der Waals surface area contributed by atoms with Gasteiger partial charge in [-0.3, -0.25) is 9.69 Å². The summed E-state index contributed by atoms with van der Waals surface area (Å²) in [4.78, 5) is 20.2. The van der Waals surface area contributed by atoms with Crippen LogP contribution in [0.4, 0.5) is 13.2 Å². The molecule has 10 heteroatoms. The van der Waals surface area contributed by atoms with Gasteiger partial charge < -0.3 is 9.64 Å². The largest absolute Gasteiger partial charge is 0.497 e. The molecule has 0 bridgehead atoms. The predicted molar refractivity (Wildman–Crippen MR) is 104 cm³/mol. The second-order valence-corrected chi connectivity index (χ2v) is 8.16. The van der Waals surface area contributed by atoms with E-state index in [2.05, 4.69) is 9.88 Å². The van der Waals surface area contributed by atoms with E-state index in [0.717, 1.165) is 22.0 Å². The Morgan fingerprint density at radius 2 is 1.89 bits per heavy atom. The Morgan fingerprint density at radius 3 is 2.50 bits per heavy atom. The van der Waals surface area contributed by atoms with Crippen LogP contribution in [0, 0.1) is 0 Å². The predicted octanol–water partition coefficient (Wildman–Crippen LogP) is 3.72. The zero-order valence-corrected chi connectivity index (χ0v) is 16.9. The minimum atomic E-state index is -4.37. The SMILES string of the molecule is COc1ccc(-c2nc(CN3CCN(C(=O)CSC(F)(F)F)CC3)cs2)cc1. The molecule has 0 aliphatic carbocycles. The van der Waals surface area contributed by atoms with E-state index >= 15 is 0 Å². The van der Waals surface area contributed by atoms with Crippen LogP contribution in [0.25, 0.3) is 10.6 Å². The van der Waals surface area contributed by atoms with Gasteiger partial charge in [0.05, 0.1) is 18.6 Å². The van der Waals surface area contributed by atoms with E-state index in [-0.39, 0.29) is 11.8 Å². The summed E-state index contributed by atoms with van der Waals surface area (Å²) in [6, 6.07) is 7.71. The summed E-state index contributed by atoms with van der Waals surface area (Å²) in [6.45, 7) is 2.78. The van der Waals surface area contributed by atoms with E-state index in [1.165, 1.54) is 4.90 Å². The number of nitrogens with zero attached hydrogens (tertiary/aromatic N) is 3. The molecule has 1 amide bonds. The highest BCUT2D eigenvalue weighted by Gasteiger charge is 2.31. The number of carbonyl (C=O) groups is 1. The standard InChI is InChI=1S/C18H20F3N3O2S2/c1-26-15-4-2-13(3-5-15)17-22-14(11-27-17)10-23-6-8-24(9-7-23)16(25)12-28-18(19,20)21/h2-5,11H,6-10,12H2,1H3. The van der Waals surface area contributed by atoms with E-state index in [1.807, 2.05) is 29.6 Å². The number of thioether (sulfide) groups is 1. The molecule has 1 aliphatic heterocycles. The molecule has 28 heavy (non-hydrogen) atoms. The molecule has 1 aliphatic rings. The lowest BCUT2D eigenvalue weighted by Gasteiger charge is -2.34. The molecule has 1 aromatic heterocycles. The maximum absolute atomic E-state index is 12.2. The number of rotatable bonds is 6. The zero-order valence-electron chi connectivity index (χ0n) is 15.2. The number of piperazine rings is 1. The van der Waals surface area contributed by atoms with Gasteiger partial charge in [-0.25, -0.2) is 4.98 Å². The normalized spacial score (nSPS) is 15.6. The van der Waals surface area contributed by atoms with Gasteiger partial charge in [0.25, 0.3) is 0 Å². The third-order valence-electron chi connectivity index (χ3n) is 4.36. The number of carbonyl (C=O) groups excluding carboxylic acids is 1. The monoisotopic (exact) mass is 431 g/mol. The Bertz CT molecular complexity index is 788. The fourth-order valence-electron chi connectivity index (χ4n) is 2.87. The van der Waals surface area contributed by atoms with Crippen LogP contribution < -0.4 is 4.74 Å². The summed E-state index contributed by atoms with van der Waals surface area (Å²) in [5, 5.41) is 2.94. The van der Waals surface area contributed by atoms with Crippen LogP contribution in [0.1, 0.15) is 5.69 Å². The minimum absolute atomic E-state index is 0.280. The first kappa shape index (κ1) is 20.9. The van der Waals surface area contributed by atoms with E-state index in [1.54, 1.807) is 18.4 Å². The number of methoxy groups -OCH3 is 1. The van der Waals surface area contributed by atoms with Gasteiger partial charge in [0.15, 0.2) is 0 Å². The molecule has 0 saturated carbocycles. The number of halogens is 3. The first-order valence-corrected chi connectivity index (χ1v) is 10.5. The van der Waals surface area contributed by atoms with Gasteiger partial charge in [-0.15, -0.1) is 11.3 Å². The molecule has 5 nitrogen and oxygen atoms in total. The fraction of sp³-hybridized carbons (Fsp3) is 0.444. The Kier molecular flexibility index (Phi) is 6.84. The number of ether oxygens (including phenoxy) is 1. The second-order valence-electron chi connectivity index (χ2n) is 6.26. The molecule has 152 valence electrons. The Morgan fingerprint density at radius 1 is 1.21 bits per heavy atom. The third-order valence-corrected chi connectivity index (χ3v) is 6.02. The lowest BCUT2D eigenvalue weighted by molar-refractivity contribution is -0.130. The summed E-state index contributed by atoms with van der Waals surface area (Å²) in [6.07, 6.45) is 0. The highest BCUT2D eigenvalue weighted by atomic mass is 32.2. The molecule has 2 heterocycles. The van der Waals surface area contributed by atoms with Crippen molar-refractivity contribution in [1.29, 1.82) is 0 Å². The lowest BCUT2D eigenvalue weighted by atomic mass is 10.2. The van der Waals surface area contributed by atoms with E-state index in [0.29, 0.717) is 32.7 Å². The molecule has 3 rings (SSSR count). The van der Waals surface area contributed by atoms with Gasteiger partial charge in [-0.2, -0.15) is 13.2 Å². The van der Waals surface area contributed by atoms with Gasteiger partial charge >= 0.3 is 5.51 Å². The molecule has 2 aromatic rings. The van der Waals surface area contributed by atoms with Crippen LogP contribution >= 0.6 is 23.1 Å². The molecular formula is C18H20F3N3O2S2. The Balaban J connectivity index is 1.48. The molecule has 1 fully saturated rings. The number of benzene rings is 1. The first-order valence-electron chi connectivity index (χ1n) is 8.64. The molecule has 1 aromatic carbocycles. The minimum Gasteiger partial charge on any atom is -0.497 e. The van der Waals surface area contributed by atoms with Crippen molar-refractivity contribution in [2.45, 2.75) is 12.1 Å². The van der Waals surface area contributed by atoms with Crippen molar-refractivity contribution in [1.82, 2.24) is 14.8 Å². The molecule has 1 saturated heterocycles. The van der Waals surface area contributed by atoms with E-state index < -0.39 is 17.2 Å². The summed E-state index contributed by atoms with van der Waals surface area (Å²) in [5.41, 5.74) is -2.40. The summed E-state index contributed by atoms with van der Waals surface area (Å²) < 4.78 is 41.8. The van der Waals surface area contributed by atoms with Crippen molar-refractivity contribution in [2.24, 2.45) is 0 Å². The van der Waals surface area contributed by atoms with Crippen LogP contribution in [-0.2, 0) is 11.3 Å². The maximum atomic E-state index is 12.2. The summed E-state index contributed by atoms with van der Waals surface area (Å²) in [5.74, 6) is -0.222. The summed E-state index contributed by atoms with van der Waals surface area (Å²) >= 11 is 1.29. The van der Waals surface area contributed by atoms with Gasteiger partial charge in [0.1, 0.15) is 10.8 Å². The number of amides is 1. The molecule has 0 spiro atoms. The van der Waals surface area contributed by atoms with Crippen molar-refractivity contribution in [3.8, 4) is 16.3 Å². The van der Waals surface area contributed by atoms with Crippen molar-refractivity contribution in [2.75, 3.05) is 39.0 Å². The van der Waals surface area contributed by atoms with E-state index in [4.69, 9.17) is 4.74 Å². The van der Waals surface area contributed by atoms with Gasteiger partial charge in [-0.05, 0) is 36.0 Å². The Hall–Kier alpha value is -1.78. The third kappa shape index (κ3) is 5.86. The quantitative estimate of drug-likeness (QED) is 0.698. The molecule has 0 radical (unpaired) electrons. The van der Waals surface area contributed by atoms with Crippen molar-refractivity contribution < 1.29 is 22.7 Å². The van der Waals surface area contributed by atoms with Crippen LogP contribution in [-0.4, -0.2) is 65.2 Å². The molecular weight excluding hydrogens is 411 g/mol. The van der Waals surface area contributed by atoms with Crippen LogP contribution in [0.15, 0.2) is 29.6 Å². The Labute approximate surface area is 169 Å². The number of aromatic nitrogens is 1. The van der Waals surface area contributed by atoms with Crippen molar-refractivity contribution in [3.63, 3.8) is 0 Å². The highest BCUT2D eigenvalue weighted by Crippen LogP contribution is 2.30. The smallest absolute Gasteiger partial charge is 0.442 e. The number of thiazole rings is 1.